The molecule has 0 heterocycles. The maximum atomic E-state index is 11.2. The maximum Gasteiger partial charge on any atom is 0.332 e. The fourth-order valence-electron chi connectivity index (χ4n) is 1.46. The molecule has 0 saturated heterocycles. The van der Waals surface area contributed by atoms with Crippen LogP contribution in [0, 0.1) is 0 Å². The second-order valence-corrected chi connectivity index (χ2v) is 3.89. The number of allylic oxidation sites excluding steroid dienone is 1. The predicted molar refractivity (Wildman–Crippen MR) is 69.8 cm³/mol. The molecule has 0 saturated carbocycles. The van der Waals surface area contributed by atoms with Crippen molar-refractivity contribution in [3.8, 4) is 0 Å². The second-order valence-electron chi connectivity index (χ2n) is 3.89. The molecule has 1 unspecified atom stereocenters. The Morgan fingerprint density at radius 2 is 2.11 bits per heavy atom. The molecule has 0 fully saturated rings. The van der Waals surface area contributed by atoms with Gasteiger partial charge in [0.15, 0.2) is 0 Å². The van der Waals surface area contributed by atoms with E-state index in [1.165, 1.54) is 6.08 Å². The van der Waals surface area contributed by atoms with Gasteiger partial charge in [-0.15, -0.1) is 0 Å². The highest BCUT2D eigenvalue weighted by molar-refractivity contribution is 5.82. The quantitative estimate of drug-likeness (QED) is 0.596. The van der Waals surface area contributed by atoms with Crippen molar-refractivity contribution in [3.63, 3.8) is 0 Å². The summed E-state index contributed by atoms with van der Waals surface area (Å²) in [7, 11) is 0. The van der Waals surface area contributed by atoms with Crippen LogP contribution < -0.4 is 5.32 Å². The Morgan fingerprint density at radius 3 is 2.72 bits per heavy atom. The zero-order valence-electron chi connectivity index (χ0n) is 10.7. The van der Waals surface area contributed by atoms with Crippen LogP contribution in [0.25, 0.3) is 0 Å². The molecule has 0 aliphatic rings. The third-order valence-electron chi connectivity index (χ3n) is 2.38. The Morgan fingerprint density at radius 1 is 1.44 bits per heavy atom. The van der Waals surface area contributed by atoms with Crippen molar-refractivity contribution in [3.05, 3.63) is 47.7 Å². The molecule has 0 radical (unpaired) electrons. The third kappa shape index (κ3) is 5.01. The van der Waals surface area contributed by atoms with Crippen LogP contribution in [-0.2, 0) is 9.53 Å². The number of esters is 1. The van der Waals surface area contributed by atoms with Gasteiger partial charge in [0.1, 0.15) is 0 Å². The molecule has 1 rings (SSSR count). The van der Waals surface area contributed by atoms with Crippen LogP contribution in [0.3, 0.4) is 0 Å². The highest BCUT2D eigenvalue weighted by Gasteiger charge is 2.06. The van der Waals surface area contributed by atoms with E-state index in [1.54, 1.807) is 13.8 Å². The first kappa shape index (κ1) is 14.3. The minimum Gasteiger partial charge on any atom is -0.463 e. The number of carbonyl (C=O) groups is 1. The fourth-order valence-corrected chi connectivity index (χ4v) is 1.46. The normalized spacial score (nSPS) is 12.9. The van der Waals surface area contributed by atoms with Crippen LogP contribution in [0.5, 0.6) is 0 Å². The van der Waals surface area contributed by atoms with E-state index in [9.17, 15) is 9.90 Å². The number of aliphatic hydroxyl groups excluding tert-OH is 1. The summed E-state index contributed by atoms with van der Waals surface area (Å²) in [6.45, 7) is 4.23. The molecule has 0 aromatic heterocycles. The second kappa shape index (κ2) is 7.50. The zero-order chi connectivity index (χ0) is 13.4. The van der Waals surface area contributed by atoms with Crippen LogP contribution in [0.2, 0.25) is 0 Å². The van der Waals surface area contributed by atoms with E-state index >= 15 is 0 Å². The number of hydrogen-bond acceptors (Lipinski definition) is 4. The molecule has 0 aliphatic heterocycles. The number of benzene rings is 1. The number of rotatable bonds is 6. The SMILES string of the molecule is CCOC(=O)/C=C(\C)NCC(O)c1ccccc1. The van der Waals surface area contributed by atoms with Crippen LogP contribution >= 0.6 is 0 Å². The van der Waals surface area contributed by atoms with E-state index < -0.39 is 6.10 Å². The predicted octanol–water partition coefficient (Wildman–Crippen LogP) is 1.78. The third-order valence-corrected chi connectivity index (χ3v) is 2.38. The van der Waals surface area contributed by atoms with E-state index in [2.05, 4.69) is 5.32 Å². The van der Waals surface area contributed by atoms with E-state index in [0.29, 0.717) is 18.8 Å². The molecule has 0 spiro atoms. The highest BCUT2D eigenvalue weighted by Crippen LogP contribution is 2.10. The minimum absolute atomic E-state index is 0.353. The summed E-state index contributed by atoms with van der Waals surface area (Å²) in [4.78, 5) is 11.2. The molecule has 1 atom stereocenters. The van der Waals surface area contributed by atoms with E-state index in [-0.39, 0.29) is 5.97 Å². The van der Waals surface area contributed by atoms with Gasteiger partial charge in [-0.3, -0.25) is 0 Å². The zero-order valence-corrected chi connectivity index (χ0v) is 10.7. The molecular weight excluding hydrogens is 230 g/mol. The molecule has 0 aliphatic carbocycles. The van der Waals surface area contributed by atoms with Gasteiger partial charge in [0.05, 0.1) is 12.7 Å². The molecule has 4 heteroatoms. The first-order valence-electron chi connectivity index (χ1n) is 5.95. The van der Waals surface area contributed by atoms with Crippen molar-refractivity contribution >= 4 is 5.97 Å². The number of ether oxygens (including phenoxy) is 1. The van der Waals surface area contributed by atoms with Crippen LogP contribution in [0.1, 0.15) is 25.5 Å². The first-order valence-corrected chi connectivity index (χ1v) is 5.95. The van der Waals surface area contributed by atoms with E-state index in [4.69, 9.17) is 4.74 Å². The van der Waals surface area contributed by atoms with Crippen molar-refractivity contribution in [2.75, 3.05) is 13.2 Å². The molecule has 1 aromatic rings. The summed E-state index contributed by atoms with van der Waals surface area (Å²) in [5.74, 6) is -0.378. The Hall–Kier alpha value is -1.81. The molecule has 1 aromatic carbocycles. The highest BCUT2D eigenvalue weighted by atomic mass is 16.5. The average Bonchev–Trinajstić information content (AvgIpc) is 2.37. The van der Waals surface area contributed by atoms with E-state index in [1.807, 2.05) is 30.3 Å². The van der Waals surface area contributed by atoms with Crippen molar-refractivity contribution in [1.82, 2.24) is 5.32 Å². The molecule has 18 heavy (non-hydrogen) atoms. The number of nitrogens with one attached hydrogen (secondary N) is 1. The molecular formula is C14H19NO3. The first-order chi connectivity index (χ1) is 8.63. The van der Waals surface area contributed by atoms with Gasteiger partial charge in [0, 0.05) is 18.3 Å². The summed E-state index contributed by atoms with van der Waals surface area (Å²) < 4.78 is 4.79. The lowest BCUT2D eigenvalue weighted by molar-refractivity contribution is -0.137. The Labute approximate surface area is 107 Å². The van der Waals surface area contributed by atoms with Gasteiger partial charge < -0.3 is 15.2 Å². The number of aliphatic hydroxyl groups is 1. The van der Waals surface area contributed by atoms with Crippen molar-refractivity contribution in [2.45, 2.75) is 20.0 Å². The van der Waals surface area contributed by atoms with Crippen molar-refractivity contribution in [1.29, 1.82) is 0 Å². The lowest BCUT2D eigenvalue weighted by Gasteiger charge is -2.13. The van der Waals surface area contributed by atoms with Crippen LogP contribution in [0.4, 0.5) is 0 Å². The average molecular weight is 249 g/mol. The minimum atomic E-state index is -0.600. The molecule has 0 bridgehead atoms. The maximum absolute atomic E-state index is 11.2. The number of carbonyl (C=O) groups excluding carboxylic acids is 1. The lowest BCUT2D eigenvalue weighted by atomic mass is 10.1. The lowest BCUT2D eigenvalue weighted by Crippen LogP contribution is -2.20. The Balaban J connectivity index is 2.43. The van der Waals surface area contributed by atoms with Crippen molar-refractivity contribution < 1.29 is 14.6 Å². The van der Waals surface area contributed by atoms with Gasteiger partial charge in [0.2, 0.25) is 0 Å². The summed E-state index contributed by atoms with van der Waals surface area (Å²) >= 11 is 0. The van der Waals surface area contributed by atoms with Gasteiger partial charge in [-0.25, -0.2) is 4.79 Å². The molecule has 0 amide bonds. The summed E-state index contributed by atoms with van der Waals surface area (Å²) in [5, 5.41) is 12.9. The van der Waals surface area contributed by atoms with Gasteiger partial charge in [-0.2, -0.15) is 0 Å². The summed E-state index contributed by atoms with van der Waals surface area (Å²) in [6, 6.07) is 9.36. The van der Waals surface area contributed by atoms with Gasteiger partial charge in [0.25, 0.3) is 0 Å². The molecule has 98 valence electrons. The molecule has 2 N–H and O–H groups in total. The number of hydrogen-bond donors (Lipinski definition) is 2. The van der Waals surface area contributed by atoms with Gasteiger partial charge >= 0.3 is 5.97 Å². The van der Waals surface area contributed by atoms with Crippen molar-refractivity contribution in [2.24, 2.45) is 0 Å². The Bertz CT molecular complexity index is 401. The smallest absolute Gasteiger partial charge is 0.332 e. The van der Waals surface area contributed by atoms with Gasteiger partial charge in [-0.05, 0) is 19.4 Å². The summed E-state index contributed by atoms with van der Waals surface area (Å²) in [6.07, 6.45) is 0.776. The summed E-state index contributed by atoms with van der Waals surface area (Å²) in [5.41, 5.74) is 1.51. The topological polar surface area (TPSA) is 58.6 Å². The Kier molecular flexibility index (Phi) is 5.94. The van der Waals surface area contributed by atoms with Crippen LogP contribution in [0.15, 0.2) is 42.1 Å². The standard InChI is InChI=1S/C14H19NO3/c1-3-18-14(17)9-11(2)15-10-13(16)12-7-5-4-6-8-12/h4-9,13,15-16H,3,10H2,1-2H3/b11-9+. The fraction of sp³-hybridized carbons (Fsp3) is 0.357. The van der Waals surface area contributed by atoms with E-state index in [0.717, 1.165) is 5.56 Å². The molecule has 4 nitrogen and oxygen atoms in total. The van der Waals surface area contributed by atoms with Crippen LogP contribution in [-0.4, -0.2) is 24.2 Å². The largest absolute Gasteiger partial charge is 0.463 e. The van der Waals surface area contributed by atoms with Gasteiger partial charge in [-0.1, -0.05) is 30.3 Å². The monoisotopic (exact) mass is 249 g/mol.